The quantitative estimate of drug-likeness (QED) is 0.650. The van der Waals surface area contributed by atoms with Gasteiger partial charge in [0.05, 0.1) is 12.7 Å². The van der Waals surface area contributed by atoms with Gasteiger partial charge in [0.1, 0.15) is 23.5 Å². The van der Waals surface area contributed by atoms with Crippen molar-refractivity contribution in [3.63, 3.8) is 0 Å². The molecule has 4 nitrogen and oxygen atoms in total. The van der Waals surface area contributed by atoms with E-state index < -0.39 is 5.78 Å². The number of allylic oxidation sites excluding steroid dienone is 2. The van der Waals surface area contributed by atoms with Gasteiger partial charge in [0, 0.05) is 26.3 Å². The van der Waals surface area contributed by atoms with Crippen LogP contribution in [0.3, 0.4) is 0 Å². The van der Waals surface area contributed by atoms with Crippen molar-refractivity contribution < 1.29 is 9.53 Å². The van der Waals surface area contributed by atoms with Crippen molar-refractivity contribution in [1.29, 1.82) is 10.5 Å². The van der Waals surface area contributed by atoms with E-state index in [4.69, 9.17) is 4.74 Å². The number of hydrogen-bond acceptors (Lipinski definition) is 5. The Balaban J connectivity index is 1.91. The van der Waals surface area contributed by atoms with E-state index in [-0.39, 0.29) is 11.1 Å². The van der Waals surface area contributed by atoms with E-state index in [1.807, 2.05) is 60.7 Å². The van der Waals surface area contributed by atoms with Crippen LogP contribution in [-0.2, 0) is 0 Å². The molecule has 0 saturated carbocycles. The third-order valence-electron chi connectivity index (χ3n) is 4.50. The summed E-state index contributed by atoms with van der Waals surface area (Å²) < 4.78 is 5.19. The summed E-state index contributed by atoms with van der Waals surface area (Å²) in [6.07, 6.45) is 0. The highest BCUT2D eigenvalue weighted by molar-refractivity contribution is 7.99. The molecule has 0 saturated heterocycles. The number of carbonyl (C=O) groups is 1. The Morgan fingerprint density at radius 1 is 0.889 bits per heavy atom. The molecule has 0 spiro atoms. The molecule has 27 heavy (non-hydrogen) atoms. The molecule has 0 radical (unpaired) electrons. The first kappa shape index (κ1) is 16.9. The molecular weight excluding hydrogens is 356 g/mol. The lowest BCUT2D eigenvalue weighted by atomic mass is 9.83. The summed E-state index contributed by atoms with van der Waals surface area (Å²) in [6, 6.07) is 20.9. The van der Waals surface area contributed by atoms with E-state index in [9.17, 15) is 15.3 Å². The van der Waals surface area contributed by atoms with Crippen LogP contribution in [0.15, 0.2) is 70.0 Å². The Morgan fingerprint density at radius 2 is 1.63 bits per heavy atom. The predicted octanol–water partition coefficient (Wildman–Crippen LogP) is 5.00. The molecule has 0 N–H and O–H groups in total. The summed E-state index contributed by atoms with van der Waals surface area (Å²) in [4.78, 5) is 14.7. The van der Waals surface area contributed by atoms with Crippen LogP contribution in [0.5, 0.6) is 5.75 Å². The average molecular weight is 368 g/mol. The summed E-state index contributed by atoms with van der Waals surface area (Å²) in [5.74, 6) is 0.397. The standard InChI is InChI=1S/C22H12N2O2S/c1-26-13-5-7-14(8-6-13)27-20-10-9-15-18(11-23)19(12-24)22(25)17-4-2-3-16(20)21(15)17/h2-10H,1H3. The zero-order chi connectivity index (χ0) is 19.0. The van der Waals surface area contributed by atoms with Crippen molar-refractivity contribution in [3.8, 4) is 17.9 Å². The maximum Gasteiger partial charge on any atom is 0.205 e. The molecule has 0 amide bonds. The fourth-order valence-corrected chi connectivity index (χ4v) is 4.19. The van der Waals surface area contributed by atoms with E-state index in [1.165, 1.54) is 0 Å². The van der Waals surface area contributed by atoms with Gasteiger partial charge in [-0.2, -0.15) is 10.5 Å². The van der Waals surface area contributed by atoms with Crippen molar-refractivity contribution in [3.05, 3.63) is 71.3 Å². The van der Waals surface area contributed by atoms with Gasteiger partial charge in [0.15, 0.2) is 0 Å². The summed E-state index contributed by atoms with van der Waals surface area (Å²) >= 11 is 1.57. The third kappa shape index (κ3) is 2.66. The topological polar surface area (TPSA) is 73.9 Å². The van der Waals surface area contributed by atoms with Gasteiger partial charge in [0.25, 0.3) is 0 Å². The molecule has 128 valence electrons. The van der Waals surface area contributed by atoms with Crippen LogP contribution in [0, 0.1) is 22.7 Å². The molecule has 0 heterocycles. The Morgan fingerprint density at radius 3 is 2.30 bits per heavy atom. The normalized spacial score (nSPS) is 12.6. The number of methoxy groups -OCH3 is 1. The molecule has 3 aromatic rings. The van der Waals surface area contributed by atoms with Crippen LogP contribution in [0.2, 0.25) is 0 Å². The van der Waals surface area contributed by atoms with Gasteiger partial charge in [-0.3, -0.25) is 4.79 Å². The van der Waals surface area contributed by atoms with Crippen molar-refractivity contribution in [2.45, 2.75) is 9.79 Å². The zero-order valence-electron chi connectivity index (χ0n) is 14.3. The van der Waals surface area contributed by atoms with Gasteiger partial charge in [-0.05, 0) is 35.7 Å². The van der Waals surface area contributed by atoms with Crippen LogP contribution in [0.25, 0.3) is 16.3 Å². The number of nitriles is 2. The molecule has 5 heteroatoms. The highest BCUT2D eigenvalue weighted by Gasteiger charge is 2.28. The molecule has 0 bridgehead atoms. The molecule has 0 atom stereocenters. The highest BCUT2D eigenvalue weighted by atomic mass is 32.2. The molecule has 0 fully saturated rings. The van der Waals surface area contributed by atoms with Gasteiger partial charge >= 0.3 is 0 Å². The second-order valence-electron chi connectivity index (χ2n) is 5.92. The largest absolute Gasteiger partial charge is 0.497 e. The molecule has 1 aliphatic rings. The predicted molar refractivity (Wildman–Crippen MR) is 104 cm³/mol. The molecule has 3 aromatic carbocycles. The maximum absolute atomic E-state index is 12.7. The van der Waals surface area contributed by atoms with E-state index >= 15 is 0 Å². The first-order valence-electron chi connectivity index (χ1n) is 8.15. The van der Waals surface area contributed by atoms with Crippen molar-refractivity contribution >= 4 is 33.9 Å². The number of ether oxygens (including phenoxy) is 1. The second kappa shape index (κ2) is 6.64. The van der Waals surface area contributed by atoms with Crippen LogP contribution in [0.4, 0.5) is 0 Å². The Kier molecular flexibility index (Phi) is 4.16. The van der Waals surface area contributed by atoms with Gasteiger partial charge in [0.2, 0.25) is 5.78 Å². The van der Waals surface area contributed by atoms with Crippen molar-refractivity contribution in [2.24, 2.45) is 0 Å². The number of hydrogen-bond donors (Lipinski definition) is 0. The Labute approximate surface area is 160 Å². The number of nitrogens with zero attached hydrogens (tertiary/aromatic N) is 2. The van der Waals surface area contributed by atoms with Gasteiger partial charge in [-0.15, -0.1) is 0 Å². The molecule has 0 aliphatic heterocycles. The Bertz CT molecular complexity index is 1210. The summed E-state index contributed by atoms with van der Waals surface area (Å²) in [7, 11) is 1.63. The van der Waals surface area contributed by atoms with Gasteiger partial charge < -0.3 is 4.74 Å². The number of ketones is 1. The fraction of sp³-hybridized carbons (Fsp3) is 0.0455. The molecule has 1 aliphatic carbocycles. The summed E-state index contributed by atoms with van der Waals surface area (Å²) in [5.41, 5.74) is 1.16. The lowest BCUT2D eigenvalue weighted by Crippen LogP contribution is -2.11. The van der Waals surface area contributed by atoms with Crippen molar-refractivity contribution in [2.75, 3.05) is 7.11 Å². The zero-order valence-corrected chi connectivity index (χ0v) is 15.1. The number of Topliss-reactive ketones (excluding diaryl/α,β-unsaturated/α-hetero) is 1. The van der Waals surface area contributed by atoms with E-state index in [0.717, 1.165) is 26.3 Å². The molecule has 0 aromatic heterocycles. The smallest absolute Gasteiger partial charge is 0.205 e. The molecular formula is C22H12N2O2S. The van der Waals surface area contributed by atoms with Gasteiger partial charge in [-0.25, -0.2) is 0 Å². The minimum atomic E-state index is -0.390. The summed E-state index contributed by atoms with van der Waals surface area (Å²) in [6.45, 7) is 0. The van der Waals surface area contributed by atoms with E-state index in [1.54, 1.807) is 24.9 Å². The summed E-state index contributed by atoms with van der Waals surface area (Å²) in [5, 5.41) is 20.5. The lowest BCUT2D eigenvalue weighted by Gasteiger charge is -2.18. The highest BCUT2D eigenvalue weighted by Crippen LogP contribution is 2.41. The number of carbonyl (C=O) groups excluding carboxylic acids is 1. The average Bonchev–Trinajstić information content (AvgIpc) is 2.72. The molecule has 4 rings (SSSR count). The third-order valence-corrected chi connectivity index (χ3v) is 5.59. The first-order chi connectivity index (χ1) is 13.2. The fourth-order valence-electron chi connectivity index (χ4n) is 3.24. The van der Waals surface area contributed by atoms with Crippen LogP contribution < -0.4 is 4.74 Å². The monoisotopic (exact) mass is 368 g/mol. The van der Waals surface area contributed by atoms with Crippen LogP contribution >= 0.6 is 11.8 Å². The van der Waals surface area contributed by atoms with Gasteiger partial charge in [-0.1, -0.05) is 36.0 Å². The lowest BCUT2D eigenvalue weighted by molar-refractivity contribution is 0.104. The maximum atomic E-state index is 12.7. The van der Waals surface area contributed by atoms with E-state index in [0.29, 0.717) is 11.1 Å². The van der Waals surface area contributed by atoms with Crippen LogP contribution in [0.1, 0.15) is 15.9 Å². The van der Waals surface area contributed by atoms with Crippen LogP contribution in [-0.4, -0.2) is 12.9 Å². The second-order valence-corrected chi connectivity index (χ2v) is 7.04. The minimum Gasteiger partial charge on any atom is -0.497 e. The minimum absolute atomic E-state index is 0.0898. The number of rotatable bonds is 3. The number of benzene rings is 3. The SMILES string of the molecule is COc1ccc(Sc2ccc3c4c(cccc24)C(=O)C(C#N)=C3C#N)cc1. The molecule has 0 unspecified atom stereocenters. The van der Waals surface area contributed by atoms with E-state index in [2.05, 4.69) is 0 Å². The van der Waals surface area contributed by atoms with Crippen molar-refractivity contribution in [1.82, 2.24) is 0 Å². The Hall–Kier alpha value is -3.54. The first-order valence-corrected chi connectivity index (χ1v) is 8.96.